The summed E-state index contributed by atoms with van der Waals surface area (Å²) >= 11 is 0. The van der Waals surface area contributed by atoms with Crippen LogP contribution in [0.15, 0.2) is 54.6 Å². The Morgan fingerprint density at radius 3 is 2.50 bits per heavy atom. The van der Waals surface area contributed by atoms with Crippen LogP contribution in [0.25, 0.3) is 22.2 Å². The first-order valence-corrected chi connectivity index (χ1v) is 9.66. The third-order valence-corrected chi connectivity index (χ3v) is 5.59. The molecule has 2 aromatic carbocycles. The Bertz CT molecular complexity index is 1010. The minimum absolute atomic E-state index is 0. The van der Waals surface area contributed by atoms with Gasteiger partial charge in [0.2, 0.25) is 0 Å². The van der Waals surface area contributed by atoms with Gasteiger partial charge in [-0.3, -0.25) is 4.79 Å². The van der Waals surface area contributed by atoms with Crippen molar-refractivity contribution in [2.45, 2.75) is 19.4 Å². The number of carbonyl (C=O) groups excluding carboxylic acids is 1. The number of carbonyl (C=O) groups is 1. The zero-order valence-electron chi connectivity index (χ0n) is 17.1. The number of hydrogen-bond donors (Lipinski definition) is 1. The Labute approximate surface area is 189 Å². The first-order chi connectivity index (χ1) is 13.6. The Balaban J connectivity index is 0.00000160. The second-order valence-electron chi connectivity index (χ2n) is 7.44. The fraction of sp³-hybridized carbons (Fsp3) is 0.304. The van der Waals surface area contributed by atoms with Crippen LogP contribution in [0.4, 0.5) is 0 Å². The standard InChI is InChI=1S/C23H25N3O2.2ClH/c1-15-11-16(13-24)14-26(15)23(27)20-12-22(17-7-9-18(28-2)10-8-17)25-21-6-4-3-5-19(20)21;;/h3-10,12,15-16H,11,13-14,24H2,1-2H3;2*1H. The molecule has 30 heavy (non-hydrogen) atoms. The summed E-state index contributed by atoms with van der Waals surface area (Å²) in [5.41, 5.74) is 9.11. The van der Waals surface area contributed by atoms with Crippen LogP contribution in [0.1, 0.15) is 23.7 Å². The average molecular weight is 448 g/mol. The molecule has 0 radical (unpaired) electrons. The van der Waals surface area contributed by atoms with E-state index in [-0.39, 0.29) is 36.8 Å². The summed E-state index contributed by atoms with van der Waals surface area (Å²) in [6.45, 7) is 3.43. The Morgan fingerprint density at radius 1 is 1.17 bits per heavy atom. The lowest BCUT2D eigenvalue weighted by Gasteiger charge is -2.22. The summed E-state index contributed by atoms with van der Waals surface area (Å²) in [5, 5.41) is 0.883. The first-order valence-electron chi connectivity index (χ1n) is 9.66. The molecule has 3 aromatic rings. The summed E-state index contributed by atoms with van der Waals surface area (Å²) in [5.74, 6) is 1.21. The molecule has 0 saturated carbocycles. The van der Waals surface area contributed by atoms with Gasteiger partial charge in [0.15, 0.2) is 0 Å². The van der Waals surface area contributed by atoms with Gasteiger partial charge in [-0.25, -0.2) is 4.98 Å². The molecule has 2 atom stereocenters. The van der Waals surface area contributed by atoms with Crippen molar-refractivity contribution in [2.75, 3.05) is 20.2 Å². The largest absolute Gasteiger partial charge is 0.497 e. The zero-order valence-corrected chi connectivity index (χ0v) is 18.7. The molecular formula is C23H27Cl2N3O2. The molecule has 0 aliphatic carbocycles. The van der Waals surface area contributed by atoms with Crippen molar-refractivity contribution in [2.24, 2.45) is 11.7 Å². The highest BCUT2D eigenvalue weighted by atomic mass is 35.5. The minimum atomic E-state index is 0. The van der Waals surface area contributed by atoms with Crippen LogP contribution in [0.5, 0.6) is 5.75 Å². The van der Waals surface area contributed by atoms with Crippen molar-refractivity contribution in [3.63, 3.8) is 0 Å². The van der Waals surface area contributed by atoms with Crippen molar-refractivity contribution >= 4 is 41.6 Å². The van der Waals surface area contributed by atoms with E-state index in [0.29, 0.717) is 24.6 Å². The maximum atomic E-state index is 13.5. The number of pyridine rings is 1. The summed E-state index contributed by atoms with van der Waals surface area (Å²) in [6, 6.07) is 17.7. The Morgan fingerprint density at radius 2 is 1.87 bits per heavy atom. The predicted molar refractivity (Wildman–Crippen MR) is 126 cm³/mol. The number of aromatic nitrogens is 1. The number of benzene rings is 2. The molecule has 2 heterocycles. The number of rotatable bonds is 4. The molecule has 2 unspecified atom stereocenters. The topological polar surface area (TPSA) is 68.5 Å². The summed E-state index contributed by atoms with van der Waals surface area (Å²) < 4.78 is 5.25. The predicted octanol–water partition coefficient (Wildman–Crippen LogP) is 4.56. The number of fused-ring (bicyclic) bond motifs is 1. The molecule has 0 bridgehead atoms. The highest BCUT2D eigenvalue weighted by Crippen LogP contribution is 2.30. The fourth-order valence-corrected chi connectivity index (χ4v) is 4.01. The van der Waals surface area contributed by atoms with E-state index in [1.165, 1.54) is 0 Å². The molecule has 1 aliphatic rings. The molecule has 7 heteroatoms. The van der Waals surface area contributed by atoms with Gasteiger partial charge >= 0.3 is 0 Å². The highest BCUT2D eigenvalue weighted by molar-refractivity contribution is 6.07. The van der Waals surface area contributed by atoms with Crippen molar-refractivity contribution in [3.05, 3.63) is 60.2 Å². The smallest absolute Gasteiger partial charge is 0.254 e. The second kappa shape index (κ2) is 10.1. The normalized spacial score (nSPS) is 17.9. The van der Waals surface area contributed by atoms with Crippen LogP contribution in [0.2, 0.25) is 0 Å². The number of ether oxygens (including phenoxy) is 1. The molecule has 1 aliphatic heterocycles. The summed E-state index contributed by atoms with van der Waals surface area (Å²) in [6.07, 6.45) is 0.955. The number of hydrogen-bond acceptors (Lipinski definition) is 4. The van der Waals surface area contributed by atoms with E-state index in [9.17, 15) is 4.79 Å². The summed E-state index contributed by atoms with van der Waals surface area (Å²) in [7, 11) is 1.64. The summed E-state index contributed by atoms with van der Waals surface area (Å²) in [4.78, 5) is 20.2. The minimum Gasteiger partial charge on any atom is -0.497 e. The number of para-hydroxylation sites is 1. The molecule has 1 aromatic heterocycles. The highest BCUT2D eigenvalue weighted by Gasteiger charge is 2.33. The Hall–Kier alpha value is -2.34. The molecule has 1 fully saturated rings. The van der Waals surface area contributed by atoms with Gasteiger partial charge in [-0.2, -0.15) is 0 Å². The van der Waals surface area contributed by atoms with Crippen molar-refractivity contribution in [3.8, 4) is 17.0 Å². The average Bonchev–Trinajstić information content (AvgIpc) is 3.13. The van der Waals surface area contributed by atoms with Crippen LogP contribution >= 0.6 is 24.8 Å². The maximum absolute atomic E-state index is 13.5. The van der Waals surface area contributed by atoms with Gasteiger partial charge in [-0.1, -0.05) is 18.2 Å². The van der Waals surface area contributed by atoms with Gasteiger partial charge in [0.05, 0.1) is 23.9 Å². The number of methoxy groups -OCH3 is 1. The molecule has 1 saturated heterocycles. The van der Waals surface area contributed by atoms with E-state index < -0.39 is 0 Å². The van der Waals surface area contributed by atoms with E-state index in [1.54, 1.807) is 7.11 Å². The quantitative estimate of drug-likeness (QED) is 0.635. The van der Waals surface area contributed by atoms with E-state index in [0.717, 1.165) is 34.3 Å². The molecule has 2 N–H and O–H groups in total. The van der Waals surface area contributed by atoms with Gasteiger partial charge in [0, 0.05) is 23.5 Å². The lowest BCUT2D eigenvalue weighted by atomic mass is 10.0. The van der Waals surface area contributed by atoms with E-state index in [1.807, 2.05) is 59.5 Å². The van der Waals surface area contributed by atoms with E-state index in [4.69, 9.17) is 15.5 Å². The van der Waals surface area contributed by atoms with Crippen LogP contribution in [-0.2, 0) is 0 Å². The molecular weight excluding hydrogens is 421 g/mol. The number of nitrogens with zero attached hydrogens (tertiary/aromatic N) is 2. The van der Waals surface area contributed by atoms with Gasteiger partial charge in [0.25, 0.3) is 5.91 Å². The number of likely N-dealkylation sites (tertiary alicyclic amines) is 1. The number of halogens is 2. The lowest BCUT2D eigenvalue weighted by Crippen LogP contribution is -2.34. The fourth-order valence-electron chi connectivity index (χ4n) is 4.01. The lowest BCUT2D eigenvalue weighted by molar-refractivity contribution is 0.0745. The molecule has 5 nitrogen and oxygen atoms in total. The van der Waals surface area contributed by atoms with Crippen LogP contribution in [0, 0.1) is 5.92 Å². The third kappa shape index (κ3) is 4.53. The van der Waals surface area contributed by atoms with Gasteiger partial charge in [-0.05, 0) is 62.2 Å². The van der Waals surface area contributed by atoms with Gasteiger partial charge in [0.1, 0.15) is 5.75 Å². The van der Waals surface area contributed by atoms with Crippen LogP contribution in [-0.4, -0.2) is 42.0 Å². The van der Waals surface area contributed by atoms with Crippen molar-refractivity contribution < 1.29 is 9.53 Å². The van der Waals surface area contributed by atoms with Crippen molar-refractivity contribution in [1.29, 1.82) is 0 Å². The molecule has 1 amide bonds. The van der Waals surface area contributed by atoms with Crippen LogP contribution < -0.4 is 10.5 Å². The zero-order chi connectivity index (χ0) is 19.7. The molecule has 160 valence electrons. The van der Waals surface area contributed by atoms with Crippen LogP contribution in [0.3, 0.4) is 0 Å². The second-order valence-corrected chi connectivity index (χ2v) is 7.44. The SMILES string of the molecule is COc1ccc(-c2cc(C(=O)N3CC(CN)CC3C)c3ccccc3n2)cc1.Cl.Cl. The molecule has 4 rings (SSSR count). The van der Waals surface area contributed by atoms with E-state index >= 15 is 0 Å². The molecule has 0 spiro atoms. The Kier molecular flexibility index (Phi) is 8.07. The first kappa shape index (κ1) is 23.9. The maximum Gasteiger partial charge on any atom is 0.254 e. The van der Waals surface area contributed by atoms with Crippen molar-refractivity contribution in [1.82, 2.24) is 9.88 Å². The number of amides is 1. The van der Waals surface area contributed by atoms with E-state index in [2.05, 4.69) is 6.92 Å². The van der Waals surface area contributed by atoms with Gasteiger partial charge < -0.3 is 15.4 Å². The number of nitrogens with two attached hydrogens (primary N) is 1. The monoisotopic (exact) mass is 447 g/mol. The third-order valence-electron chi connectivity index (χ3n) is 5.59. The van der Waals surface area contributed by atoms with Gasteiger partial charge in [-0.15, -0.1) is 24.8 Å².